The van der Waals surface area contributed by atoms with Crippen LogP contribution in [0.15, 0.2) is 0 Å². The van der Waals surface area contributed by atoms with E-state index in [1.54, 1.807) is 11.3 Å². The van der Waals surface area contributed by atoms with E-state index in [2.05, 4.69) is 24.8 Å². The zero-order chi connectivity index (χ0) is 14.9. The van der Waals surface area contributed by atoms with Crippen molar-refractivity contribution in [1.29, 1.82) is 0 Å². The Kier molecular flexibility index (Phi) is 4.00. The van der Waals surface area contributed by atoms with Gasteiger partial charge in [0.2, 0.25) is 5.28 Å². The summed E-state index contributed by atoms with van der Waals surface area (Å²) in [7, 11) is 0. The maximum absolute atomic E-state index is 6.09. The first-order chi connectivity index (χ1) is 10.8. The molecule has 0 unspecified atom stereocenters. The number of rotatable bonds is 2. The van der Waals surface area contributed by atoms with Gasteiger partial charge >= 0.3 is 0 Å². The van der Waals surface area contributed by atoms with Gasteiger partial charge in [-0.25, -0.2) is 0 Å². The van der Waals surface area contributed by atoms with Gasteiger partial charge in [0.15, 0.2) is 16.6 Å². The van der Waals surface area contributed by atoms with Crippen molar-refractivity contribution in [3.05, 3.63) is 5.28 Å². The predicted octanol–water partition coefficient (Wildman–Crippen LogP) is 1.41. The van der Waals surface area contributed by atoms with Crippen molar-refractivity contribution in [2.75, 3.05) is 62.4 Å². The number of nitrogens with zero attached hydrogens (tertiary/aromatic N) is 5. The van der Waals surface area contributed by atoms with Crippen molar-refractivity contribution in [3.8, 4) is 0 Å². The highest BCUT2D eigenvalue weighted by Gasteiger charge is 2.22. The molecule has 7 nitrogen and oxygen atoms in total. The largest absolute Gasteiger partial charge is 0.378 e. The highest BCUT2D eigenvalue weighted by molar-refractivity contribution is 7.22. The Labute approximate surface area is 136 Å². The maximum atomic E-state index is 6.09. The van der Waals surface area contributed by atoms with Gasteiger partial charge in [-0.3, -0.25) is 0 Å². The molecule has 2 aliphatic heterocycles. The van der Waals surface area contributed by atoms with E-state index in [0.29, 0.717) is 18.9 Å². The number of hydrogen-bond donors (Lipinski definition) is 0. The first-order valence-corrected chi connectivity index (χ1v) is 8.50. The number of fused-ring (bicyclic) bond motifs is 1. The summed E-state index contributed by atoms with van der Waals surface area (Å²) in [5.41, 5.74) is 0.674. The number of halogens is 1. The molecule has 2 aromatic rings. The topological polar surface area (TPSA) is 63.6 Å². The monoisotopic (exact) mass is 341 g/mol. The molecule has 0 radical (unpaired) electrons. The summed E-state index contributed by atoms with van der Waals surface area (Å²) in [5, 5.41) is 1.21. The Hall–Kier alpha value is -1.22. The van der Waals surface area contributed by atoms with Crippen LogP contribution < -0.4 is 9.80 Å². The second-order valence-electron chi connectivity index (χ2n) is 5.16. The van der Waals surface area contributed by atoms with Crippen LogP contribution in [0.3, 0.4) is 0 Å². The fourth-order valence-corrected chi connectivity index (χ4v) is 3.89. The van der Waals surface area contributed by atoms with E-state index in [1.165, 1.54) is 0 Å². The first kappa shape index (κ1) is 14.4. The second kappa shape index (κ2) is 6.11. The molecule has 0 aliphatic carbocycles. The molecular formula is C13H16ClN5O2S. The molecule has 2 saturated heterocycles. The van der Waals surface area contributed by atoms with Gasteiger partial charge in [0.25, 0.3) is 0 Å². The summed E-state index contributed by atoms with van der Waals surface area (Å²) in [5.74, 6) is 0.871. The number of ether oxygens (including phenoxy) is 2. The third kappa shape index (κ3) is 2.71. The highest BCUT2D eigenvalue weighted by atomic mass is 35.5. The molecule has 0 amide bonds. The lowest BCUT2D eigenvalue weighted by molar-refractivity contribution is 0.122. The molecule has 0 saturated carbocycles. The van der Waals surface area contributed by atoms with Crippen LogP contribution in [0.25, 0.3) is 10.3 Å². The van der Waals surface area contributed by atoms with E-state index in [1.807, 2.05) is 0 Å². The lowest BCUT2D eigenvalue weighted by Gasteiger charge is -2.28. The van der Waals surface area contributed by atoms with Crippen LogP contribution in [0.4, 0.5) is 10.9 Å². The summed E-state index contributed by atoms with van der Waals surface area (Å²) in [6.07, 6.45) is 0. The summed E-state index contributed by atoms with van der Waals surface area (Å²) in [4.78, 5) is 17.8. The molecule has 0 bridgehead atoms. The zero-order valence-electron chi connectivity index (χ0n) is 12.0. The minimum atomic E-state index is 0.243. The van der Waals surface area contributed by atoms with E-state index >= 15 is 0 Å². The minimum absolute atomic E-state index is 0.243. The molecule has 4 heterocycles. The van der Waals surface area contributed by atoms with Crippen molar-refractivity contribution in [2.45, 2.75) is 0 Å². The molecule has 22 heavy (non-hydrogen) atoms. The molecule has 2 aromatic heterocycles. The fourth-order valence-electron chi connectivity index (χ4n) is 2.65. The van der Waals surface area contributed by atoms with Gasteiger partial charge in [-0.2, -0.15) is 15.0 Å². The summed E-state index contributed by atoms with van der Waals surface area (Å²) >= 11 is 7.71. The van der Waals surface area contributed by atoms with Gasteiger partial charge in [-0.1, -0.05) is 11.3 Å². The van der Waals surface area contributed by atoms with Gasteiger partial charge in [-0.15, -0.1) is 0 Å². The molecule has 4 rings (SSSR count). The van der Waals surface area contributed by atoms with Gasteiger partial charge < -0.3 is 19.3 Å². The second-order valence-corrected chi connectivity index (χ2v) is 6.48. The minimum Gasteiger partial charge on any atom is -0.378 e. The molecule has 118 valence electrons. The Bertz CT molecular complexity index is 670. The molecular weight excluding hydrogens is 326 g/mol. The average molecular weight is 342 g/mol. The molecule has 0 aromatic carbocycles. The normalized spacial score (nSPS) is 19.9. The van der Waals surface area contributed by atoms with E-state index < -0.39 is 0 Å². The van der Waals surface area contributed by atoms with Crippen molar-refractivity contribution in [2.24, 2.45) is 0 Å². The molecule has 2 aliphatic rings. The summed E-state index contributed by atoms with van der Waals surface area (Å²) in [6.45, 7) is 6.22. The third-order valence-corrected chi connectivity index (χ3v) is 5.06. The highest BCUT2D eigenvalue weighted by Crippen LogP contribution is 2.35. The quantitative estimate of drug-likeness (QED) is 0.765. The number of anilines is 2. The van der Waals surface area contributed by atoms with Crippen molar-refractivity contribution >= 4 is 44.2 Å². The lowest BCUT2D eigenvalue weighted by Crippen LogP contribution is -2.36. The van der Waals surface area contributed by atoms with Crippen molar-refractivity contribution in [3.63, 3.8) is 0 Å². The summed E-state index contributed by atoms with van der Waals surface area (Å²) < 4.78 is 11.8. The van der Waals surface area contributed by atoms with Crippen LogP contribution in [0.1, 0.15) is 0 Å². The zero-order valence-corrected chi connectivity index (χ0v) is 13.6. The number of thiazole rings is 1. The van der Waals surface area contributed by atoms with Crippen molar-refractivity contribution in [1.82, 2.24) is 15.0 Å². The van der Waals surface area contributed by atoms with E-state index in [0.717, 1.165) is 55.0 Å². The Morgan fingerprint density at radius 2 is 1.50 bits per heavy atom. The van der Waals surface area contributed by atoms with Crippen LogP contribution in [-0.4, -0.2) is 67.6 Å². The van der Waals surface area contributed by atoms with Crippen molar-refractivity contribution < 1.29 is 9.47 Å². The van der Waals surface area contributed by atoms with Gasteiger partial charge in [0.1, 0.15) is 4.70 Å². The van der Waals surface area contributed by atoms with E-state index in [4.69, 9.17) is 21.1 Å². The van der Waals surface area contributed by atoms with E-state index in [-0.39, 0.29) is 5.28 Å². The van der Waals surface area contributed by atoms with Crippen LogP contribution in [0.2, 0.25) is 5.28 Å². The standard InChI is InChI=1S/C13H16ClN5O2S/c14-12-15-10-9(11(17-12)18-1-5-20-6-2-18)22-13(16-10)19-3-7-21-8-4-19/h1-8H2. The number of aromatic nitrogens is 3. The summed E-state index contributed by atoms with van der Waals surface area (Å²) in [6, 6.07) is 0. The first-order valence-electron chi connectivity index (χ1n) is 7.31. The molecule has 0 N–H and O–H groups in total. The van der Waals surface area contributed by atoms with Crippen LogP contribution in [0, 0.1) is 0 Å². The van der Waals surface area contributed by atoms with E-state index in [9.17, 15) is 0 Å². The molecule has 2 fully saturated rings. The SMILES string of the molecule is Clc1nc(N2CCOCC2)c2sc(N3CCOCC3)nc2n1. The predicted molar refractivity (Wildman–Crippen MR) is 86.3 cm³/mol. The smallest absolute Gasteiger partial charge is 0.226 e. The van der Waals surface area contributed by atoms with Crippen LogP contribution in [0.5, 0.6) is 0 Å². The van der Waals surface area contributed by atoms with Gasteiger partial charge in [0.05, 0.1) is 26.4 Å². The number of morpholine rings is 2. The lowest BCUT2D eigenvalue weighted by atomic mass is 10.4. The van der Waals surface area contributed by atoms with Gasteiger partial charge in [0, 0.05) is 26.2 Å². The average Bonchev–Trinajstić information content (AvgIpc) is 2.99. The molecule has 9 heteroatoms. The van der Waals surface area contributed by atoms with Crippen LogP contribution in [-0.2, 0) is 9.47 Å². The Morgan fingerprint density at radius 3 is 2.18 bits per heavy atom. The fraction of sp³-hybridized carbons (Fsp3) is 0.615. The maximum Gasteiger partial charge on any atom is 0.226 e. The number of hydrogen-bond acceptors (Lipinski definition) is 8. The third-order valence-electron chi connectivity index (χ3n) is 3.79. The van der Waals surface area contributed by atoms with Crippen LogP contribution >= 0.6 is 22.9 Å². The molecule has 0 atom stereocenters. The Balaban J connectivity index is 1.73. The Morgan fingerprint density at radius 1 is 0.864 bits per heavy atom. The van der Waals surface area contributed by atoms with Gasteiger partial charge in [-0.05, 0) is 11.6 Å². The molecule has 0 spiro atoms.